The number of aromatic nitrogens is 1. The third-order valence-corrected chi connectivity index (χ3v) is 3.23. The second kappa shape index (κ2) is 5.86. The number of rotatable bonds is 4. The molecule has 1 amide bonds. The standard InChI is InChI=1S/C12H12F3N3O2S/c1-18(2)6-10(19)17-11-16-8-4-3-7(5-9(8)21-11)20-12(13,14)15/h3-5H,6H2,1-2H3,(H,16,17,19). The number of thiazole rings is 1. The van der Waals surface area contributed by atoms with Crippen LogP contribution in [0.4, 0.5) is 18.3 Å². The first kappa shape index (κ1) is 15.5. The van der Waals surface area contributed by atoms with Gasteiger partial charge in [-0.15, -0.1) is 13.2 Å². The fourth-order valence-corrected chi connectivity index (χ4v) is 2.51. The number of likely N-dealkylation sites (N-methyl/N-ethyl adjacent to an activating group) is 1. The van der Waals surface area contributed by atoms with Gasteiger partial charge in [-0.3, -0.25) is 4.79 Å². The number of anilines is 1. The second-order valence-electron chi connectivity index (χ2n) is 4.48. The summed E-state index contributed by atoms with van der Waals surface area (Å²) < 4.78 is 40.8. The summed E-state index contributed by atoms with van der Waals surface area (Å²) in [6.45, 7) is 0.193. The number of fused-ring (bicyclic) bond motifs is 1. The van der Waals surface area contributed by atoms with Crippen LogP contribution in [0, 0.1) is 0 Å². The Hall–Kier alpha value is -1.87. The zero-order chi connectivity index (χ0) is 15.6. The van der Waals surface area contributed by atoms with Crippen LogP contribution in [0.2, 0.25) is 0 Å². The molecular formula is C12H12F3N3O2S. The van der Waals surface area contributed by atoms with Crippen molar-refractivity contribution < 1.29 is 22.7 Å². The Labute approximate surface area is 122 Å². The Morgan fingerprint density at radius 2 is 2.14 bits per heavy atom. The molecule has 0 saturated heterocycles. The molecule has 1 aromatic carbocycles. The number of ether oxygens (including phenoxy) is 1. The van der Waals surface area contributed by atoms with Crippen molar-refractivity contribution in [3.8, 4) is 5.75 Å². The number of carbonyl (C=O) groups is 1. The molecule has 114 valence electrons. The molecule has 0 aliphatic rings. The van der Waals surface area contributed by atoms with E-state index in [-0.39, 0.29) is 18.2 Å². The van der Waals surface area contributed by atoms with Crippen molar-refractivity contribution in [1.29, 1.82) is 0 Å². The largest absolute Gasteiger partial charge is 0.573 e. The first-order valence-corrected chi connectivity index (χ1v) is 6.65. The van der Waals surface area contributed by atoms with Crippen LogP contribution in [-0.4, -0.2) is 42.8 Å². The minimum atomic E-state index is -4.73. The maximum absolute atomic E-state index is 12.1. The van der Waals surface area contributed by atoms with Gasteiger partial charge in [-0.2, -0.15) is 0 Å². The summed E-state index contributed by atoms with van der Waals surface area (Å²) in [5.41, 5.74) is 0.495. The smallest absolute Gasteiger partial charge is 0.406 e. The second-order valence-corrected chi connectivity index (χ2v) is 5.51. The SMILES string of the molecule is CN(C)CC(=O)Nc1nc2ccc(OC(F)(F)F)cc2s1. The van der Waals surface area contributed by atoms with Crippen molar-refractivity contribution in [1.82, 2.24) is 9.88 Å². The maximum atomic E-state index is 12.1. The highest BCUT2D eigenvalue weighted by Gasteiger charge is 2.31. The number of hydrogen-bond donors (Lipinski definition) is 1. The van der Waals surface area contributed by atoms with Gasteiger partial charge < -0.3 is 15.0 Å². The van der Waals surface area contributed by atoms with Gasteiger partial charge in [-0.05, 0) is 26.2 Å². The van der Waals surface area contributed by atoms with Crippen molar-refractivity contribution in [3.05, 3.63) is 18.2 Å². The predicted molar refractivity (Wildman–Crippen MR) is 73.5 cm³/mol. The molecule has 0 aliphatic heterocycles. The average Bonchev–Trinajstić information content (AvgIpc) is 2.66. The van der Waals surface area contributed by atoms with Gasteiger partial charge in [0.15, 0.2) is 5.13 Å². The topological polar surface area (TPSA) is 54.5 Å². The monoisotopic (exact) mass is 319 g/mol. The molecule has 9 heteroatoms. The molecule has 0 saturated carbocycles. The van der Waals surface area contributed by atoms with E-state index in [1.54, 1.807) is 19.0 Å². The van der Waals surface area contributed by atoms with E-state index in [0.717, 1.165) is 11.3 Å². The van der Waals surface area contributed by atoms with Crippen molar-refractivity contribution >= 4 is 32.6 Å². The number of nitrogens with zero attached hydrogens (tertiary/aromatic N) is 2. The zero-order valence-corrected chi connectivity index (χ0v) is 12.0. The van der Waals surface area contributed by atoms with E-state index in [0.29, 0.717) is 15.3 Å². The van der Waals surface area contributed by atoms with Gasteiger partial charge in [-0.25, -0.2) is 4.98 Å². The van der Waals surface area contributed by atoms with E-state index in [1.165, 1.54) is 18.2 Å². The Kier molecular flexibility index (Phi) is 4.33. The third-order valence-electron chi connectivity index (χ3n) is 2.30. The van der Waals surface area contributed by atoms with Gasteiger partial charge in [0.25, 0.3) is 0 Å². The average molecular weight is 319 g/mol. The molecular weight excluding hydrogens is 307 g/mol. The molecule has 0 bridgehead atoms. The highest BCUT2D eigenvalue weighted by molar-refractivity contribution is 7.22. The quantitative estimate of drug-likeness (QED) is 0.941. The number of halogens is 3. The first-order valence-electron chi connectivity index (χ1n) is 5.84. The van der Waals surface area contributed by atoms with Gasteiger partial charge in [0.1, 0.15) is 5.75 Å². The number of nitrogens with one attached hydrogen (secondary N) is 1. The normalized spacial score (nSPS) is 11.9. The Morgan fingerprint density at radius 3 is 2.76 bits per heavy atom. The molecule has 0 spiro atoms. The predicted octanol–water partition coefficient (Wildman–Crippen LogP) is 2.70. The van der Waals surface area contributed by atoms with Crippen molar-refractivity contribution in [2.45, 2.75) is 6.36 Å². The summed E-state index contributed by atoms with van der Waals surface area (Å²) in [6.07, 6.45) is -4.73. The van der Waals surface area contributed by atoms with Crippen LogP contribution >= 0.6 is 11.3 Å². The minimum Gasteiger partial charge on any atom is -0.406 e. The fourth-order valence-electron chi connectivity index (χ4n) is 1.60. The summed E-state index contributed by atoms with van der Waals surface area (Å²) in [5, 5.41) is 2.93. The molecule has 1 N–H and O–H groups in total. The zero-order valence-electron chi connectivity index (χ0n) is 11.2. The van der Waals surface area contributed by atoms with Gasteiger partial charge in [-0.1, -0.05) is 11.3 Å². The van der Waals surface area contributed by atoms with E-state index >= 15 is 0 Å². The number of alkyl halides is 3. The fraction of sp³-hybridized carbons (Fsp3) is 0.333. The minimum absolute atomic E-state index is 0.193. The molecule has 5 nitrogen and oxygen atoms in total. The van der Waals surface area contributed by atoms with Crippen molar-refractivity contribution in [2.75, 3.05) is 26.0 Å². The molecule has 1 aromatic heterocycles. The molecule has 0 aliphatic carbocycles. The highest BCUT2D eigenvalue weighted by Crippen LogP contribution is 2.31. The summed E-state index contributed by atoms with van der Waals surface area (Å²) >= 11 is 1.08. The molecule has 21 heavy (non-hydrogen) atoms. The molecule has 1 heterocycles. The Balaban J connectivity index is 2.16. The summed E-state index contributed by atoms with van der Waals surface area (Å²) in [4.78, 5) is 17.4. The molecule has 0 atom stereocenters. The third kappa shape index (κ3) is 4.57. The van der Waals surface area contributed by atoms with Crippen LogP contribution in [0.25, 0.3) is 10.2 Å². The van der Waals surface area contributed by atoms with Crippen molar-refractivity contribution in [3.63, 3.8) is 0 Å². The highest BCUT2D eigenvalue weighted by atomic mass is 32.1. The first-order chi connectivity index (χ1) is 9.73. The van der Waals surface area contributed by atoms with Crippen LogP contribution in [0.3, 0.4) is 0 Å². The van der Waals surface area contributed by atoms with Crippen LogP contribution in [0.1, 0.15) is 0 Å². The van der Waals surface area contributed by atoms with Gasteiger partial charge in [0.05, 0.1) is 16.8 Å². The number of amides is 1. The number of benzene rings is 1. The van der Waals surface area contributed by atoms with Crippen LogP contribution in [0.5, 0.6) is 5.75 Å². The number of hydrogen-bond acceptors (Lipinski definition) is 5. The summed E-state index contributed by atoms with van der Waals surface area (Å²) in [6, 6.07) is 3.83. The molecule has 0 unspecified atom stereocenters. The van der Waals surface area contributed by atoms with E-state index in [1.807, 2.05) is 0 Å². The lowest BCUT2D eigenvalue weighted by atomic mass is 10.3. The van der Waals surface area contributed by atoms with Gasteiger partial charge in [0.2, 0.25) is 5.91 Å². The molecule has 2 aromatic rings. The van der Waals surface area contributed by atoms with Gasteiger partial charge in [0, 0.05) is 6.07 Å². The van der Waals surface area contributed by atoms with E-state index in [4.69, 9.17) is 0 Å². The lowest BCUT2D eigenvalue weighted by Gasteiger charge is -2.07. The lowest BCUT2D eigenvalue weighted by molar-refractivity contribution is -0.274. The van der Waals surface area contributed by atoms with Crippen molar-refractivity contribution in [2.24, 2.45) is 0 Å². The van der Waals surface area contributed by atoms with E-state index < -0.39 is 6.36 Å². The van der Waals surface area contributed by atoms with Crippen LogP contribution in [-0.2, 0) is 4.79 Å². The van der Waals surface area contributed by atoms with E-state index in [2.05, 4.69) is 15.0 Å². The van der Waals surface area contributed by atoms with Crippen LogP contribution in [0.15, 0.2) is 18.2 Å². The Bertz CT molecular complexity index is 655. The van der Waals surface area contributed by atoms with E-state index in [9.17, 15) is 18.0 Å². The molecule has 2 rings (SSSR count). The molecule has 0 fully saturated rings. The number of carbonyl (C=O) groups excluding carboxylic acids is 1. The van der Waals surface area contributed by atoms with Crippen LogP contribution < -0.4 is 10.1 Å². The molecule has 0 radical (unpaired) electrons. The summed E-state index contributed by atoms with van der Waals surface area (Å²) in [5.74, 6) is -0.560. The van der Waals surface area contributed by atoms with Gasteiger partial charge >= 0.3 is 6.36 Å². The maximum Gasteiger partial charge on any atom is 0.573 e. The summed E-state index contributed by atoms with van der Waals surface area (Å²) in [7, 11) is 3.50. The Morgan fingerprint density at radius 1 is 1.43 bits per heavy atom. The lowest BCUT2D eigenvalue weighted by Crippen LogP contribution is -2.26.